The number of ether oxygens (including phenoxy) is 5. The van der Waals surface area contributed by atoms with Crippen molar-refractivity contribution in [1.82, 2.24) is 9.97 Å². The van der Waals surface area contributed by atoms with E-state index in [2.05, 4.69) is 149 Å². The van der Waals surface area contributed by atoms with E-state index in [-0.39, 0.29) is 66.0 Å². The molecule has 17 heteroatoms. The van der Waals surface area contributed by atoms with Crippen LogP contribution in [-0.4, -0.2) is 39.7 Å². The third-order valence-corrected chi connectivity index (χ3v) is 27.8. The molecule has 0 aliphatic carbocycles. The zero-order valence-electron chi connectivity index (χ0n) is 87.4. The minimum atomic E-state index is -5.70. The summed E-state index contributed by atoms with van der Waals surface area (Å²) in [6.07, 6.45) is -11.4. The van der Waals surface area contributed by atoms with E-state index in [1.165, 1.54) is 71.0 Å². The van der Waals surface area contributed by atoms with Crippen LogP contribution >= 0.6 is 11.3 Å². The minimum absolute atomic E-state index is 0. The van der Waals surface area contributed by atoms with Gasteiger partial charge in [-0.15, -0.1) is 11.3 Å². The number of alkyl halides is 6. The highest BCUT2D eigenvalue weighted by Crippen LogP contribution is 2.57. The highest BCUT2D eigenvalue weighted by Gasteiger charge is 2.72. The van der Waals surface area contributed by atoms with Gasteiger partial charge in [-0.25, -0.2) is 0 Å². The van der Waals surface area contributed by atoms with Crippen molar-refractivity contribution in [3.63, 3.8) is 0 Å². The van der Waals surface area contributed by atoms with Gasteiger partial charge in [-0.2, -0.15) is 26.3 Å². The normalized spacial score (nSPS) is 10.6. The van der Waals surface area contributed by atoms with Gasteiger partial charge in [-0.3, -0.25) is 24.4 Å². The van der Waals surface area contributed by atoms with Gasteiger partial charge in [0.25, 0.3) is 0 Å². The smallest absolute Gasteiger partial charge is 0.411 e. The number of hydrogen-bond donors (Lipinski definition) is 0. The van der Waals surface area contributed by atoms with Crippen molar-refractivity contribution in [2.45, 2.75) is 249 Å². The number of nitrogens with zero attached hydrogens (tertiary/aromatic N) is 2. The Morgan fingerprint density at radius 2 is 0.439 bits per heavy atom. The number of carbonyl (C=O) groups is 3. The average molecular weight is 2030 g/mol. The van der Waals surface area contributed by atoms with Crippen LogP contribution in [0.4, 0.5) is 26.3 Å². The first-order valence-corrected chi connectivity index (χ1v) is 48.3. The summed E-state index contributed by atoms with van der Waals surface area (Å²) in [5.41, 5.74) is 27.9. The Morgan fingerprint density at radius 1 is 0.216 bits per heavy atom. The van der Waals surface area contributed by atoms with Crippen LogP contribution in [0.2, 0.25) is 0 Å². The quantitative estimate of drug-likeness (QED) is 0.0606. The molecule has 0 saturated carbocycles. The van der Waals surface area contributed by atoms with Gasteiger partial charge in [0, 0.05) is 43.1 Å². The molecule has 2 aromatic heterocycles. The molecule has 0 saturated heterocycles. The molecule has 10 nitrogen and oxygen atoms in total. The van der Waals surface area contributed by atoms with E-state index < -0.39 is 28.9 Å². The fourth-order valence-corrected chi connectivity index (χ4v) is 16.2. The van der Waals surface area contributed by atoms with Gasteiger partial charge < -0.3 is 23.7 Å². The van der Waals surface area contributed by atoms with E-state index in [1.807, 2.05) is 248 Å². The first kappa shape index (κ1) is 124. The van der Waals surface area contributed by atoms with Gasteiger partial charge in [0.05, 0.1) is 22.8 Å². The minimum Gasteiger partial charge on any atom is -0.457 e. The molecule has 0 amide bonds. The number of aromatic nitrogens is 2. The highest BCUT2D eigenvalue weighted by atomic mass is 32.1. The second kappa shape index (κ2) is 54.8. The van der Waals surface area contributed by atoms with Crippen LogP contribution in [-0.2, 0) is 5.41 Å². The Balaban J connectivity index is 0.000000315. The molecule has 0 unspecified atom stereocenters. The van der Waals surface area contributed by atoms with Crippen LogP contribution in [0.5, 0.6) is 57.5 Å². The van der Waals surface area contributed by atoms with Gasteiger partial charge in [0.2, 0.25) is 5.41 Å². The molecule has 0 aliphatic rings. The molecule has 780 valence electrons. The van der Waals surface area contributed by atoms with Crippen molar-refractivity contribution < 1.29 is 64.4 Å². The van der Waals surface area contributed by atoms with Crippen molar-refractivity contribution in [2.24, 2.45) is 0 Å². The molecule has 0 aliphatic heterocycles. The predicted molar refractivity (Wildman–Crippen MR) is 606 cm³/mol. The van der Waals surface area contributed by atoms with E-state index in [0.717, 1.165) is 178 Å². The molecule has 2 heterocycles. The maximum Gasteiger partial charge on any atom is 0.411 e. The fourth-order valence-electron chi connectivity index (χ4n) is 15.1. The molecule has 16 rings (SSSR count). The third-order valence-electron chi connectivity index (χ3n) is 26.6. The first-order valence-electron chi connectivity index (χ1n) is 47.5. The second-order valence-electron chi connectivity index (χ2n) is 36.9. The van der Waals surface area contributed by atoms with Crippen LogP contribution in [0.25, 0.3) is 0 Å². The number of ketones is 3. The number of aryl methyl sites for hydroxylation is 24. The van der Waals surface area contributed by atoms with Crippen LogP contribution in [0.3, 0.4) is 0 Å². The molecule has 0 radical (unpaired) electrons. The Kier molecular flexibility index (Phi) is 45.8. The monoisotopic (exact) mass is 2030 g/mol. The zero-order chi connectivity index (χ0) is 105. The maximum absolute atomic E-state index is 14.5. The summed E-state index contributed by atoms with van der Waals surface area (Å²) in [7, 11) is 0. The lowest BCUT2D eigenvalue weighted by Crippen LogP contribution is -2.54. The second-order valence-corrected chi connectivity index (χ2v) is 38.4. The van der Waals surface area contributed by atoms with Crippen molar-refractivity contribution in [1.29, 1.82) is 0 Å². The summed E-state index contributed by atoms with van der Waals surface area (Å²) in [6.45, 7) is 57.1. The number of benzene rings is 14. The number of carbonyl (C=O) groups excluding carboxylic acids is 3. The van der Waals surface area contributed by atoms with Gasteiger partial charge in [-0.05, 0) is 461 Å². The SMILES string of the molecule is C.C.C.C.C.Cc1ccc(C(=O)c2ccc(C(=O)c3cccc(C)c3C)cc2)cc1C.Cc1ccc(C(=O)c2ccc(C)c(C)c2)cc1C.Cc1ccc(Oc2ccc(C(c3ccc(Oc4ccc(C)c(C)c4)cc3)(C(F)(F)F)C(F)(F)F)cc2)cc1C.Cc1ccc(Oc2ccc(C)c(C)c2)cc1C.Cc1ccc(Oc2ccc(Oc3cccc(C)c3C)cc2)cc1C.Cc1nc(C)c(C)nc1C.Cc1sc(C)c(C)c1C. The molecular weight excluding hydrogens is 1880 g/mol. The van der Waals surface area contributed by atoms with Gasteiger partial charge in [-0.1, -0.05) is 183 Å². The van der Waals surface area contributed by atoms with Crippen molar-refractivity contribution >= 4 is 28.7 Å². The maximum atomic E-state index is 14.5. The Bertz CT molecular complexity index is 6920. The van der Waals surface area contributed by atoms with Crippen molar-refractivity contribution in [3.05, 3.63) is 478 Å². The lowest BCUT2D eigenvalue weighted by molar-refractivity contribution is -0.288. The standard InChI is InChI=1S/C31H26F6O2.C24H22O2.C22H22O2.C17H18O.C16H18O.C8H12N2.C8H12S.5CH4/c1-19-5-11-27(17-21(19)3)38-25-13-7-23(8-14-25)29(30(32,33)34,31(35,36)37)24-9-15-26(16-10-24)39-28-12-6-20(2)22(4)18-28;1-15-8-9-21(14-17(15)3)23(25)19-10-12-20(13-11-19)24(26)22-7-5-6-16(2)18(22)4;1-15-8-9-21(14-17(15)3)23-19-10-12-20(13-11-19)24-22-7-5-6-16(2)18(22)4;1-11-5-7-15(9-13(11)3)17(18)16-8-6-12(2)14(4)10-16;1-11-5-7-15(9-13(11)3)17-16-8-6-12(2)14(4)10-16;1-5-6(2)10-8(4)7(3)9-5;1-5-6(2)8(4)9-7(5)3;;;;;/h5-18H,1-4H3;5-14H,1-4H3;5-14H,1-4H3;5-10H,1-4H3;5-10H,1-4H3;1-4H3;1-4H3;5*1H4. The lowest BCUT2D eigenvalue weighted by atomic mass is 9.73. The summed E-state index contributed by atoms with van der Waals surface area (Å²) in [6, 6.07) is 80.5. The largest absolute Gasteiger partial charge is 0.457 e. The van der Waals surface area contributed by atoms with Gasteiger partial charge in [0.1, 0.15) is 57.5 Å². The van der Waals surface area contributed by atoms with Crippen LogP contribution < -0.4 is 23.7 Å². The van der Waals surface area contributed by atoms with E-state index in [4.69, 9.17) is 23.7 Å². The zero-order valence-corrected chi connectivity index (χ0v) is 88.2. The number of rotatable bonds is 18. The number of hydrogen-bond acceptors (Lipinski definition) is 11. The lowest BCUT2D eigenvalue weighted by Gasteiger charge is -2.38. The molecule has 14 aromatic carbocycles. The highest BCUT2D eigenvalue weighted by molar-refractivity contribution is 7.12. The first-order chi connectivity index (χ1) is 67.4. The van der Waals surface area contributed by atoms with Crippen molar-refractivity contribution in [3.8, 4) is 57.5 Å². The van der Waals surface area contributed by atoms with E-state index >= 15 is 0 Å². The topological polar surface area (TPSA) is 123 Å². The Morgan fingerprint density at radius 3 is 0.703 bits per heavy atom. The molecule has 0 bridgehead atoms. The van der Waals surface area contributed by atoms with E-state index in [1.54, 1.807) is 48.5 Å². The van der Waals surface area contributed by atoms with Gasteiger partial charge >= 0.3 is 12.4 Å². The fraction of sp³-hybridized carbons (Fsp3) is 0.275. The average Bonchev–Trinajstić information content (AvgIpc) is 0.738. The molecule has 0 fully saturated rings. The van der Waals surface area contributed by atoms with Crippen LogP contribution in [0.1, 0.15) is 251 Å². The number of halogens is 6. The van der Waals surface area contributed by atoms with Crippen LogP contribution in [0.15, 0.2) is 279 Å². The molecule has 148 heavy (non-hydrogen) atoms. The summed E-state index contributed by atoms with van der Waals surface area (Å²) in [5.74, 6) is 6.24. The van der Waals surface area contributed by atoms with E-state index in [0.29, 0.717) is 33.8 Å². The molecule has 0 spiro atoms. The summed E-state index contributed by atoms with van der Waals surface area (Å²) >= 11 is 1.90. The summed E-state index contributed by atoms with van der Waals surface area (Å²) in [5, 5.41) is 0. The predicted octanol–water partition coefficient (Wildman–Crippen LogP) is 38.5. The number of thiophene rings is 1. The van der Waals surface area contributed by atoms with Crippen molar-refractivity contribution in [2.75, 3.05) is 0 Å². The molecule has 0 atom stereocenters. The van der Waals surface area contributed by atoms with Gasteiger partial charge in [0.15, 0.2) is 17.3 Å². The molecular formula is C131H150F6N2O8S. The Labute approximate surface area is 882 Å². The Hall–Kier alpha value is -14.6. The van der Waals surface area contributed by atoms with E-state index in [9.17, 15) is 40.7 Å². The third kappa shape index (κ3) is 32.2. The molecule has 0 N–H and O–H groups in total. The summed E-state index contributed by atoms with van der Waals surface area (Å²) < 4.78 is 116. The molecule has 16 aromatic rings. The summed E-state index contributed by atoms with van der Waals surface area (Å²) in [4.78, 5) is 49.4. The van der Waals surface area contributed by atoms with Crippen LogP contribution in [0, 0.1) is 194 Å².